The molecule has 0 bridgehead atoms. The van der Waals surface area contributed by atoms with Gasteiger partial charge in [-0.2, -0.15) is 5.10 Å². The Balaban J connectivity index is 1.79. The average Bonchev–Trinajstić information content (AvgIpc) is 2.77. The van der Waals surface area contributed by atoms with Crippen LogP contribution in [0, 0.1) is 17.0 Å². The van der Waals surface area contributed by atoms with Crippen molar-refractivity contribution in [3.8, 4) is 11.5 Å². The first-order valence-electron chi connectivity index (χ1n) is 9.44. The first kappa shape index (κ1) is 22.2. The number of nitrogens with one attached hydrogen (secondary N) is 1. The van der Waals surface area contributed by atoms with E-state index in [2.05, 4.69) is 10.5 Å². The summed E-state index contributed by atoms with van der Waals surface area (Å²) < 4.78 is 6.31. The number of hydrazone groups is 1. The summed E-state index contributed by atoms with van der Waals surface area (Å²) in [6.45, 7) is 2.26. The highest BCUT2D eigenvalue weighted by Crippen LogP contribution is 2.33. The molecule has 1 amide bonds. The summed E-state index contributed by atoms with van der Waals surface area (Å²) in [5.74, 6) is -1.26. The van der Waals surface area contributed by atoms with Gasteiger partial charge in [0.05, 0.1) is 30.9 Å². The third kappa shape index (κ3) is 4.98. The molecule has 0 aliphatic rings. The van der Waals surface area contributed by atoms with Crippen LogP contribution >= 0.6 is 0 Å². The Bertz CT molecular complexity index is 1250. The minimum Gasteiger partial charge on any atom is -0.504 e. The number of pyridine rings is 1. The lowest BCUT2D eigenvalue weighted by molar-refractivity contribution is -0.385. The van der Waals surface area contributed by atoms with Crippen LogP contribution in [0.15, 0.2) is 64.6 Å². The van der Waals surface area contributed by atoms with E-state index in [9.17, 15) is 24.8 Å². The van der Waals surface area contributed by atoms with Gasteiger partial charge in [-0.05, 0) is 24.6 Å². The fourth-order valence-corrected chi connectivity index (χ4v) is 2.92. The smallest absolute Gasteiger partial charge is 0.276 e. The summed E-state index contributed by atoms with van der Waals surface area (Å²) in [5, 5.41) is 24.9. The number of carbonyl (C=O) groups is 1. The lowest BCUT2D eigenvalue weighted by Crippen LogP contribution is -2.30. The second-order valence-corrected chi connectivity index (χ2v) is 6.88. The van der Waals surface area contributed by atoms with E-state index >= 15 is 0 Å². The van der Waals surface area contributed by atoms with Crippen LogP contribution in [0.2, 0.25) is 0 Å². The van der Waals surface area contributed by atoms with Gasteiger partial charge < -0.3 is 14.4 Å². The number of aromatic nitrogens is 1. The molecule has 3 rings (SSSR count). The number of ether oxygens (including phenoxy) is 1. The van der Waals surface area contributed by atoms with E-state index in [1.807, 2.05) is 31.2 Å². The van der Waals surface area contributed by atoms with Crippen LogP contribution in [0.5, 0.6) is 11.5 Å². The molecule has 3 aromatic rings. The number of non-ortho nitro benzene ring substituents is 1. The number of hydrogen-bond donors (Lipinski definition) is 2. The van der Waals surface area contributed by atoms with Gasteiger partial charge >= 0.3 is 0 Å². The largest absolute Gasteiger partial charge is 0.504 e. The molecule has 2 N–H and O–H groups in total. The van der Waals surface area contributed by atoms with E-state index in [0.717, 1.165) is 29.5 Å². The molecule has 0 radical (unpaired) electrons. The third-order valence-corrected chi connectivity index (χ3v) is 4.63. The van der Waals surface area contributed by atoms with Gasteiger partial charge in [0.15, 0.2) is 11.5 Å². The van der Waals surface area contributed by atoms with Crippen molar-refractivity contribution in [1.82, 2.24) is 9.99 Å². The zero-order chi connectivity index (χ0) is 23.3. The van der Waals surface area contributed by atoms with Gasteiger partial charge in [0.1, 0.15) is 5.56 Å². The van der Waals surface area contributed by atoms with Crippen molar-refractivity contribution in [3.05, 3.63) is 97.4 Å². The maximum atomic E-state index is 12.7. The van der Waals surface area contributed by atoms with Crippen LogP contribution < -0.4 is 15.7 Å². The number of amides is 1. The van der Waals surface area contributed by atoms with Gasteiger partial charge in [0.2, 0.25) is 0 Å². The summed E-state index contributed by atoms with van der Waals surface area (Å²) in [6.07, 6.45) is 2.60. The van der Waals surface area contributed by atoms with E-state index in [-0.39, 0.29) is 28.3 Å². The Morgan fingerprint density at radius 1 is 1.28 bits per heavy atom. The number of rotatable bonds is 7. The molecule has 0 fully saturated rings. The third-order valence-electron chi connectivity index (χ3n) is 4.63. The van der Waals surface area contributed by atoms with Crippen molar-refractivity contribution in [2.24, 2.45) is 5.10 Å². The molecule has 164 valence electrons. The number of nitrogens with zero attached hydrogens (tertiary/aromatic N) is 3. The molecule has 0 spiro atoms. The van der Waals surface area contributed by atoms with Crippen molar-refractivity contribution in [1.29, 1.82) is 0 Å². The minimum absolute atomic E-state index is 0.0406. The summed E-state index contributed by atoms with van der Waals surface area (Å²) in [4.78, 5) is 35.5. The molecule has 0 saturated heterocycles. The van der Waals surface area contributed by atoms with Gasteiger partial charge in [-0.15, -0.1) is 0 Å². The van der Waals surface area contributed by atoms with Crippen molar-refractivity contribution in [2.75, 3.05) is 7.11 Å². The van der Waals surface area contributed by atoms with Gasteiger partial charge in [0.25, 0.3) is 17.2 Å². The molecule has 0 aliphatic heterocycles. The van der Waals surface area contributed by atoms with E-state index in [1.165, 1.54) is 17.7 Å². The number of aromatic hydroxyl groups is 1. The monoisotopic (exact) mass is 436 g/mol. The van der Waals surface area contributed by atoms with E-state index in [0.29, 0.717) is 6.54 Å². The van der Waals surface area contributed by atoms with Crippen LogP contribution in [0.1, 0.15) is 27.0 Å². The molecule has 0 atom stereocenters. The summed E-state index contributed by atoms with van der Waals surface area (Å²) >= 11 is 0. The molecular formula is C22H20N4O6. The van der Waals surface area contributed by atoms with E-state index in [4.69, 9.17) is 4.74 Å². The summed E-state index contributed by atoms with van der Waals surface area (Å²) in [7, 11) is 1.25. The molecule has 0 aliphatic carbocycles. The van der Waals surface area contributed by atoms with Gasteiger partial charge in [-0.1, -0.05) is 29.8 Å². The normalized spacial score (nSPS) is 10.8. The molecule has 0 unspecified atom stereocenters. The highest BCUT2D eigenvalue weighted by molar-refractivity contribution is 5.95. The molecule has 2 aromatic carbocycles. The first-order chi connectivity index (χ1) is 15.3. The summed E-state index contributed by atoms with van der Waals surface area (Å²) in [6, 6.07) is 12.7. The van der Waals surface area contributed by atoms with Crippen LogP contribution in [0.4, 0.5) is 5.69 Å². The Morgan fingerprint density at radius 3 is 2.66 bits per heavy atom. The maximum absolute atomic E-state index is 12.7. The molecule has 10 nitrogen and oxygen atoms in total. The number of nitro benzene ring substituents is 1. The zero-order valence-corrected chi connectivity index (χ0v) is 17.3. The quantitative estimate of drug-likeness (QED) is 0.332. The lowest BCUT2D eigenvalue weighted by Gasteiger charge is -2.08. The molecule has 1 aromatic heterocycles. The highest BCUT2D eigenvalue weighted by Gasteiger charge is 2.16. The number of hydrogen-bond acceptors (Lipinski definition) is 7. The average molecular weight is 436 g/mol. The number of methoxy groups -OCH3 is 1. The van der Waals surface area contributed by atoms with Crippen LogP contribution in [0.3, 0.4) is 0 Å². The van der Waals surface area contributed by atoms with E-state index < -0.39 is 16.4 Å². The number of carbonyl (C=O) groups excluding carboxylic acids is 1. The molecule has 10 heteroatoms. The molecule has 32 heavy (non-hydrogen) atoms. The van der Waals surface area contributed by atoms with Crippen LogP contribution in [0.25, 0.3) is 0 Å². The number of aryl methyl sites for hydroxylation is 1. The molecule has 1 heterocycles. The second kappa shape index (κ2) is 9.56. The topological polar surface area (TPSA) is 136 Å². The lowest BCUT2D eigenvalue weighted by atomic mass is 10.1. The van der Waals surface area contributed by atoms with E-state index in [1.54, 1.807) is 12.3 Å². The maximum Gasteiger partial charge on any atom is 0.276 e. The van der Waals surface area contributed by atoms with Crippen LogP contribution in [-0.4, -0.2) is 33.8 Å². The number of benzene rings is 2. The summed E-state index contributed by atoms with van der Waals surface area (Å²) in [5.41, 5.74) is 3.21. The fourth-order valence-electron chi connectivity index (χ4n) is 2.92. The van der Waals surface area contributed by atoms with Crippen molar-refractivity contribution in [3.63, 3.8) is 0 Å². The second-order valence-electron chi connectivity index (χ2n) is 6.88. The Morgan fingerprint density at radius 2 is 2.00 bits per heavy atom. The number of phenols is 1. The van der Waals surface area contributed by atoms with Crippen molar-refractivity contribution >= 4 is 17.8 Å². The predicted molar refractivity (Wildman–Crippen MR) is 117 cm³/mol. The first-order valence-corrected chi connectivity index (χ1v) is 9.44. The van der Waals surface area contributed by atoms with Crippen molar-refractivity contribution in [2.45, 2.75) is 13.5 Å². The van der Waals surface area contributed by atoms with Gasteiger partial charge in [0, 0.05) is 17.8 Å². The fraction of sp³-hybridized carbons (Fsp3) is 0.136. The van der Waals surface area contributed by atoms with Crippen LogP contribution in [-0.2, 0) is 6.54 Å². The highest BCUT2D eigenvalue weighted by atomic mass is 16.6. The standard InChI is InChI=1S/C22H20N4O6/c1-14-5-7-15(8-6-14)13-25-9-3-4-18(22(25)29)21(28)24-23-12-16-10-17(26(30)31)11-19(32-2)20(16)27/h3-12,27H,13H2,1-2H3,(H,24,28)/b23-12-. The van der Waals surface area contributed by atoms with Gasteiger partial charge in [-0.25, -0.2) is 5.43 Å². The Labute approximate surface area is 182 Å². The van der Waals surface area contributed by atoms with Gasteiger partial charge in [-0.3, -0.25) is 19.7 Å². The SMILES string of the molecule is COc1cc([N+](=O)[O-])cc(/C=N\NC(=O)c2cccn(Cc3ccc(C)cc3)c2=O)c1O. The minimum atomic E-state index is -0.763. The Kier molecular flexibility index (Phi) is 6.64. The zero-order valence-electron chi connectivity index (χ0n) is 17.3. The Hall–Kier alpha value is -4.47. The number of phenolic OH excluding ortho intramolecular Hbond substituents is 1. The molecular weight excluding hydrogens is 416 g/mol. The number of nitro groups is 1. The van der Waals surface area contributed by atoms with Crippen molar-refractivity contribution < 1.29 is 19.6 Å². The predicted octanol–water partition coefficient (Wildman–Crippen LogP) is 2.59. The molecule has 0 saturated carbocycles.